The number of benzene rings is 1. The van der Waals surface area contributed by atoms with Crippen molar-refractivity contribution in [3.05, 3.63) is 47.3 Å². The van der Waals surface area contributed by atoms with Crippen LogP contribution in [0.1, 0.15) is 41.0 Å². The van der Waals surface area contributed by atoms with E-state index in [1.807, 2.05) is 18.2 Å². The Bertz CT molecular complexity index is 619. The minimum atomic E-state index is -0.170. The number of anilines is 1. The predicted octanol–water partition coefficient (Wildman–Crippen LogP) is 2.23. The van der Waals surface area contributed by atoms with Crippen LogP contribution in [0.25, 0.3) is 0 Å². The first-order valence-electron chi connectivity index (χ1n) is 7.13. The molecule has 0 radical (unpaired) electrons. The molecule has 112 valence electrons. The number of nitrogen functional groups attached to an aromatic ring is 1. The fraction of sp³-hybridized carbons (Fsp3) is 0.375. The van der Waals surface area contributed by atoms with Crippen molar-refractivity contribution < 1.29 is 4.79 Å². The molecule has 0 aliphatic rings. The molecule has 2 rings (SSSR count). The average Bonchev–Trinajstić information content (AvgIpc) is 2.73. The molecule has 0 fully saturated rings. The molecule has 0 saturated heterocycles. The van der Waals surface area contributed by atoms with Gasteiger partial charge in [0.15, 0.2) is 0 Å². The second-order valence-electron chi connectivity index (χ2n) is 5.33. The summed E-state index contributed by atoms with van der Waals surface area (Å²) in [7, 11) is 1.73. The van der Waals surface area contributed by atoms with Crippen molar-refractivity contribution in [2.45, 2.75) is 26.2 Å². The molecule has 1 amide bonds. The van der Waals surface area contributed by atoms with Gasteiger partial charge in [-0.25, -0.2) is 0 Å². The lowest BCUT2D eigenvalue weighted by atomic mass is 9.98. The lowest BCUT2D eigenvalue weighted by Crippen LogP contribution is -2.28. The molecule has 5 nitrogen and oxygen atoms in total. The summed E-state index contributed by atoms with van der Waals surface area (Å²) < 4.78 is 1.53. The summed E-state index contributed by atoms with van der Waals surface area (Å²) in [6, 6.07) is 10.3. The number of carbonyl (C=O) groups excluding carboxylic acids is 1. The zero-order valence-corrected chi connectivity index (χ0v) is 12.8. The van der Waals surface area contributed by atoms with E-state index in [2.05, 4.69) is 29.5 Å². The zero-order chi connectivity index (χ0) is 15.4. The summed E-state index contributed by atoms with van der Waals surface area (Å²) in [5.41, 5.74) is 8.72. The predicted molar refractivity (Wildman–Crippen MR) is 84.2 cm³/mol. The number of amides is 1. The number of hydrogen-bond acceptors (Lipinski definition) is 3. The quantitative estimate of drug-likeness (QED) is 0.885. The summed E-state index contributed by atoms with van der Waals surface area (Å²) in [5, 5.41) is 7.07. The summed E-state index contributed by atoms with van der Waals surface area (Å²) >= 11 is 0. The van der Waals surface area contributed by atoms with Crippen molar-refractivity contribution in [1.29, 1.82) is 0 Å². The molecule has 2 aromatic rings. The highest BCUT2D eigenvalue weighted by atomic mass is 16.2. The SMILES string of the molecule is Cc1nn(C)c(C(=O)NCCC(C)c2ccccc2)c1N. The highest BCUT2D eigenvalue weighted by Crippen LogP contribution is 2.18. The fourth-order valence-electron chi connectivity index (χ4n) is 2.38. The summed E-state index contributed by atoms with van der Waals surface area (Å²) in [6.07, 6.45) is 0.881. The first-order chi connectivity index (χ1) is 10.0. The Morgan fingerprint density at radius 2 is 2.05 bits per heavy atom. The molecule has 0 saturated carbocycles. The van der Waals surface area contributed by atoms with Crippen LogP contribution in [-0.4, -0.2) is 22.2 Å². The number of aromatic nitrogens is 2. The van der Waals surface area contributed by atoms with E-state index in [4.69, 9.17) is 5.73 Å². The zero-order valence-electron chi connectivity index (χ0n) is 12.8. The summed E-state index contributed by atoms with van der Waals surface area (Å²) in [6.45, 7) is 4.56. The van der Waals surface area contributed by atoms with E-state index in [1.165, 1.54) is 10.2 Å². The van der Waals surface area contributed by atoms with Gasteiger partial charge in [0.1, 0.15) is 5.69 Å². The van der Waals surface area contributed by atoms with Gasteiger partial charge in [0.25, 0.3) is 5.91 Å². The number of carbonyl (C=O) groups is 1. The largest absolute Gasteiger partial charge is 0.395 e. The molecule has 21 heavy (non-hydrogen) atoms. The van der Waals surface area contributed by atoms with Crippen molar-refractivity contribution in [1.82, 2.24) is 15.1 Å². The maximum absolute atomic E-state index is 12.2. The van der Waals surface area contributed by atoms with E-state index in [0.717, 1.165) is 6.42 Å². The first kappa shape index (κ1) is 15.1. The molecule has 1 aromatic carbocycles. The van der Waals surface area contributed by atoms with Crippen LogP contribution in [0.15, 0.2) is 30.3 Å². The van der Waals surface area contributed by atoms with Crippen LogP contribution < -0.4 is 11.1 Å². The summed E-state index contributed by atoms with van der Waals surface area (Å²) in [4.78, 5) is 12.2. The standard InChI is InChI=1S/C16H22N4O/c1-11(13-7-5-4-6-8-13)9-10-18-16(21)15-14(17)12(2)19-20(15)3/h4-8,11H,9-10,17H2,1-3H3,(H,18,21). The van der Waals surface area contributed by atoms with Crippen molar-refractivity contribution in [2.24, 2.45) is 7.05 Å². The normalized spacial score (nSPS) is 12.1. The van der Waals surface area contributed by atoms with Gasteiger partial charge >= 0.3 is 0 Å². The van der Waals surface area contributed by atoms with Crippen molar-refractivity contribution in [2.75, 3.05) is 12.3 Å². The maximum atomic E-state index is 12.2. The molecular weight excluding hydrogens is 264 g/mol. The Balaban J connectivity index is 1.90. The minimum Gasteiger partial charge on any atom is -0.395 e. The molecular formula is C16H22N4O. The van der Waals surface area contributed by atoms with Gasteiger partial charge in [-0.1, -0.05) is 37.3 Å². The number of rotatable bonds is 5. The van der Waals surface area contributed by atoms with E-state index in [-0.39, 0.29) is 5.91 Å². The smallest absolute Gasteiger partial charge is 0.271 e. The van der Waals surface area contributed by atoms with E-state index >= 15 is 0 Å². The van der Waals surface area contributed by atoms with Crippen LogP contribution in [0.4, 0.5) is 5.69 Å². The van der Waals surface area contributed by atoms with Gasteiger partial charge in [-0.05, 0) is 24.8 Å². The molecule has 1 atom stereocenters. The van der Waals surface area contributed by atoms with Gasteiger partial charge < -0.3 is 11.1 Å². The van der Waals surface area contributed by atoms with Gasteiger partial charge in [0.2, 0.25) is 0 Å². The van der Waals surface area contributed by atoms with Gasteiger partial charge in [-0.15, -0.1) is 0 Å². The number of nitrogens with two attached hydrogens (primary N) is 1. The first-order valence-corrected chi connectivity index (χ1v) is 7.13. The third-order valence-corrected chi connectivity index (χ3v) is 3.72. The average molecular weight is 286 g/mol. The molecule has 1 heterocycles. The second kappa shape index (κ2) is 6.43. The number of hydrogen-bond donors (Lipinski definition) is 2. The highest BCUT2D eigenvalue weighted by molar-refractivity contribution is 5.97. The Labute approximate surface area is 125 Å². The third kappa shape index (κ3) is 3.42. The Morgan fingerprint density at radius 1 is 1.38 bits per heavy atom. The number of aryl methyl sites for hydroxylation is 2. The van der Waals surface area contributed by atoms with Gasteiger partial charge in [0, 0.05) is 13.6 Å². The van der Waals surface area contributed by atoms with Crippen LogP contribution in [-0.2, 0) is 7.05 Å². The van der Waals surface area contributed by atoms with Crippen LogP contribution >= 0.6 is 0 Å². The van der Waals surface area contributed by atoms with Gasteiger partial charge in [0.05, 0.1) is 11.4 Å². The van der Waals surface area contributed by atoms with Crippen LogP contribution in [0.3, 0.4) is 0 Å². The maximum Gasteiger partial charge on any atom is 0.271 e. The lowest BCUT2D eigenvalue weighted by Gasteiger charge is -2.12. The van der Waals surface area contributed by atoms with E-state index < -0.39 is 0 Å². The molecule has 0 spiro atoms. The van der Waals surface area contributed by atoms with E-state index in [9.17, 15) is 4.79 Å². The Hall–Kier alpha value is -2.30. The molecule has 1 unspecified atom stereocenters. The Kier molecular flexibility index (Phi) is 4.62. The molecule has 0 aliphatic carbocycles. The monoisotopic (exact) mass is 286 g/mol. The van der Waals surface area contributed by atoms with Crippen LogP contribution in [0.5, 0.6) is 0 Å². The van der Waals surface area contributed by atoms with Crippen LogP contribution in [0, 0.1) is 6.92 Å². The van der Waals surface area contributed by atoms with Crippen molar-refractivity contribution >= 4 is 11.6 Å². The number of nitrogens with one attached hydrogen (secondary N) is 1. The molecule has 1 aromatic heterocycles. The fourth-order valence-corrected chi connectivity index (χ4v) is 2.38. The Morgan fingerprint density at radius 3 is 2.62 bits per heavy atom. The van der Waals surface area contributed by atoms with Gasteiger partial charge in [-0.3, -0.25) is 9.48 Å². The van der Waals surface area contributed by atoms with Crippen molar-refractivity contribution in [3.8, 4) is 0 Å². The lowest BCUT2D eigenvalue weighted by molar-refractivity contribution is 0.0944. The number of nitrogens with zero attached hydrogens (tertiary/aromatic N) is 2. The van der Waals surface area contributed by atoms with Crippen LogP contribution in [0.2, 0.25) is 0 Å². The molecule has 0 bridgehead atoms. The minimum absolute atomic E-state index is 0.170. The van der Waals surface area contributed by atoms with E-state index in [1.54, 1.807) is 14.0 Å². The highest BCUT2D eigenvalue weighted by Gasteiger charge is 2.17. The third-order valence-electron chi connectivity index (χ3n) is 3.72. The van der Waals surface area contributed by atoms with E-state index in [0.29, 0.717) is 29.5 Å². The van der Waals surface area contributed by atoms with Crippen molar-refractivity contribution in [3.63, 3.8) is 0 Å². The molecule has 3 N–H and O–H groups in total. The second-order valence-corrected chi connectivity index (χ2v) is 5.33. The molecule has 0 aliphatic heterocycles. The van der Waals surface area contributed by atoms with Gasteiger partial charge in [-0.2, -0.15) is 5.10 Å². The summed E-state index contributed by atoms with van der Waals surface area (Å²) in [5.74, 6) is 0.230. The molecule has 5 heteroatoms. The topological polar surface area (TPSA) is 72.9 Å².